The van der Waals surface area contributed by atoms with E-state index in [4.69, 9.17) is 0 Å². The van der Waals surface area contributed by atoms with Gasteiger partial charge in [0.25, 0.3) is 6.71 Å². The van der Waals surface area contributed by atoms with E-state index < -0.39 is 0 Å². The van der Waals surface area contributed by atoms with Crippen molar-refractivity contribution in [2.75, 3.05) is 14.7 Å². The predicted octanol–water partition coefficient (Wildman–Crippen LogP) is 11.3. The van der Waals surface area contributed by atoms with E-state index in [1.54, 1.807) is 0 Å². The van der Waals surface area contributed by atoms with Gasteiger partial charge in [0.1, 0.15) is 0 Å². The van der Waals surface area contributed by atoms with Gasteiger partial charge in [0.05, 0.1) is 11.4 Å². The number of nitrogens with zero attached hydrogens (tertiary/aromatic N) is 3. The van der Waals surface area contributed by atoms with Crippen LogP contribution >= 0.6 is 11.8 Å². The second-order valence-electron chi connectivity index (χ2n) is 15.1. The Labute approximate surface area is 311 Å². The summed E-state index contributed by atoms with van der Waals surface area (Å²) in [6, 6.07) is 58.7. The van der Waals surface area contributed by atoms with E-state index in [9.17, 15) is 0 Å². The minimum atomic E-state index is 0.0221. The van der Waals surface area contributed by atoms with E-state index >= 15 is 0 Å². The van der Waals surface area contributed by atoms with E-state index in [0.717, 1.165) is 11.4 Å². The molecule has 3 heterocycles. The molecule has 3 nitrogen and oxygen atoms in total. The van der Waals surface area contributed by atoms with Gasteiger partial charge in [-0.3, -0.25) is 0 Å². The molecule has 52 heavy (non-hydrogen) atoms. The maximum absolute atomic E-state index is 2.55. The zero-order valence-electron chi connectivity index (χ0n) is 29.8. The van der Waals surface area contributed by atoms with Crippen molar-refractivity contribution in [3.63, 3.8) is 0 Å². The SMILES string of the molecule is Cc1cc2c3c(c1)N1c4ccccc4Sc4ccccc4N(c4cccc(C(C)(C)C)c4)c4ccc(c1c4)B3c1ccccc1N2c1ccccc1. The minimum absolute atomic E-state index is 0.0221. The van der Waals surface area contributed by atoms with Crippen LogP contribution < -0.4 is 31.1 Å². The van der Waals surface area contributed by atoms with Crippen LogP contribution in [0.5, 0.6) is 0 Å². The van der Waals surface area contributed by atoms with Crippen LogP contribution in [0.4, 0.5) is 51.2 Å². The summed E-state index contributed by atoms with van der Waals surface area (Å²) in [5.74, 6) is 0. The summed E-state index contributed by atoms with van der Waals surface area (Å²) in [5.41, 5.74) is 17.4. The van der Waals surface area contributed by atoms with Crippen LogP contribution in [0.15, 0.2) is 168 Å². The van der Waals surface area contributed by atoms with Crippen molar-refractivity contribution in [3.8, 4) is 0 Å². The third kappa shape index (κ3) is 4.76. The van der Waals surface area contributed by atoms with Crippen LogP contribution in [0.25, 0.3) is 0 Å². The molecule has 2 bridgehead atoms. The average molecular weight is 688 g/mol. The molecule has 0 aromatic heterocycles. The molecule has 0 aliphatic carbocycles. The van der Waals surface area contributed by atoms with Crippen LogP contribution in [0.1, 0.15) is 31.9 Å². The number of para-hydroxylation sites is 4. The molecular formula is C47H38BN3S. The zero-order valence-corrected chi connectivity index (χ0v) is 30.7. The van der Waals surface area contributed by atoms with E-state index in [1.165, 1.54) is 77.1 Å². The predicted molar refractivity (Wildman–Crippen MR) is 223 cm³/mol. The Morgan fingerprint density at radius 2 is 1.02 bits per heavy atom. The standard InChI is InChI=1S/C47H38BN3S/c1-31-27-42-46-43(28-31)51-40-22-11-13-24-45(40)52-44-23-12-10-21-39(44)49(34-18-14-15-32(29-34)47(2,3)4)35-25-26-37(41(51)30-35)48(46)36-19-8-9-20-38(36)50(42)33-16-6-5-7-17-33/h5-30H,1-4H3. The number of hydrogen-bond acceptors (Lipinski definition) is 4. The summed E-state index contributed by atoms with van der Waals surface area (Å²) >= 11 is 1.85. The lowest BCUT2D eigenvalue weighted by Crippen LogP contribution is -2.61. The van der Waals surface area contributed by atoms with Gasteiger partial charge in [-0.15, -0.1) is 0 Å². The Kier molecular flexibility index (Phi) is 7.00. The lowest BCUT2D eigenvalue weighted by atomic mass is 9.33. The van der Waals surface area contributed by atoms with Crippen molar-refractivity contribution in [2.45, 2.75) is 42.9 Å². The van der Waals surface area contributed by atoms with Crippen LogP contribution in [0, 0.1) is 6.92 Å². The fourth-order valence-electron chi connectivity index (χ4n) is 8.44. The van der Waals surface area contributed by atoms with Gasteiger partial charge in [-0.2, -0.15) is 0 Å². The molecule has 3 aliphatic heterocycles. The number of fused-ring (bicyclic) bond motifs is 8. The van der Waals surface area contributed by atoms with Gasteiger partial charge in [-0.1, -0.05) is 111 Å². The highest BCUT2D eigenvalue weighted by Gasteiger charge is 2.44. The van der Waals surface area contributed by atoms with Crippen molar-refractivity contribution < 1.29 is 0 Å². The maximum Gasteiger partial charge on any atom is 0.252 e. The molecule has 3 aliphatic rings. The van der Waals surface area contributed by atoms with Crippen molar-refractivity contribution in [3.05, 3.63) is 169 Å². The fourth-order valence-corrected chi connectivity index (χ4v) is 9.49. The van der Waals surface area contributed by atoms with Crippen molar-refractivity contribution in [1.82, 2.24) is 0 Å². The monoisotopic (exact) mass is 687 g/mol. The molecular weight excluding hydrogens is 649 g/mol. The maximum atomic E-state index is 2.55. The van der Waals surface area contributed by atoms with Crippen molar-refractivity contribution in [2.24, 2.45) is 0 Å². The van der Waals surface area contributed by atoms with Gasteiger partial charge in [0.2, 0.25) is 0 Å². The molecule has 0 fully saturated rings. The summed E-state index contributed by atoms with van der Waals surface area (Å²) in [7, 11) is 0. The molecule has 0 atom stereocenters. The van der Waals surface area contributed by atoms with Gasteiger partial charge >= 0.3 is 0 Å². The molecule has 0 radical (unpaired) electrons. The lowest BCUT2D eigenvalue weighted by Gasteiger charge is -2.45. The Balaban J connectivity index is 1.30. The van der Waals surface area contributed by atoms with E-state index in [2.05, 4.69) is 200 Å². The van der Waals surface area contributed by atoms with Crippen LogP contribution in [0.2, 0.25) is 0 Å². The van der Waals surface area contributed by atoms with E-state index in [0.29, 0.717) is 0 Å². The second kappa shape index (κ2) is 11.7. The summed E-state index contributed by atoms with van der Waals surface area (Å²) in [5, 5.41) is 0. The molecule has 0 saturated heterocycles. The highest BCUT2D eigenvalue weighted by molar-refractivity contribution is 7.99. The molecule has 0 amide bonds. The van der Waals surface area contributed by atoms with Crippen LogP contribution in [-0.2, 0) is 5.41 Å². The first-order valence-electron chi connectivity index (χ1n) is 18.1. The number of rotatable bonds is 2. The normalized spacial score (nSPS) is 13.9. The van der Waals surface area contributed by atoms with E-state index in [1.807, 2.05) is 11.8 Å². The Bertz CT molecular complexity index is 2540. The molecule has 7 aromatic carbocycles. The minimum Gasteiger partial charge on any atom is -0.311 e. The van der Waals surface area contributed by atoms with Gasteiger partial charge < -0.3 is 14.7 Å². The number of aryl methyl sites for hydroxylation is 1. The first kappa shape index (κ1) is 31.1. The smallest absolute Gasteiger partial charge is 0.252 e. The highest BCUT2D eigenvalue weighted by atomic mass is 32.2. The number of benzene rings is 7. The van der Waals surface area contributed by atoms with Crippen LogP contribution in [-0.4, -0.2) is 6.71 Å². The first-order chi connectivity index (χ1) is 25.3. The van der Waals surface area contributed by atoms with Gasteiger partial charge in [-0.05, 0) is 119 Å². The molecule has 7 aromatic rings. The molecule has 0 saturated carbocycles. The Morgan fingerprint density at radius 3 is 1.75 bits per heavy atom. The van der Waals surface area contributed by atoms with Gasteiger partial charge in [0.15, 0.2) is 0 Å². The van der Waals surface area contributed by atoms with E-state index in [-0.39, 0.29) is 12.1 Å². The largest absolute Gasteiger partial charge is 0.311 e. The fraction of sp³-hybridized carbons (Fsp3) is 0.106. The molecule has 0 N–H and O–H groups in total. The summed E-state index contributed by atoms with van der Waals surface area (Å²) in [6.07, 6.45) is 0. The number of hydrogen-bond donors (Lipinski definition) is 0. The lowest BCUT2D eigenvalue weighted by molar-refractivity contribution is 0.590. The molecule has 250 valence electrons. The first-order valence-corrected chi connectivity index (χ1v) is 19.0. The number of anilines is 9. The summed E-state index contributed by atoms with van der Waals surface area (Å²) in [4.78, 5) is 9.93. The average Bonchev–Trinajstić information content (AvgIpc) is 3.16. The summed E-state index contributed by atoms with van der Waals surface area (Å²) in [6.45, 7) is 9.20. The van der Waals surface area contributed by atoms with Gasteiger partial charge in [0, 0.05) is 49.6 Å². The Morgan fingerprint density at radius 1 is 0.442 bits per heavy atom. The van der Waals surface area contributed by atoms with Gasteiger partial charge in [-0.25, -0.2) is 0 Å². The quantitative estimate of drug-likeness (QED) is 0.167. The topological polar surface area (TPSA) is 9.72 Å². The molecule has 0 spiro atoms. The zero-order chi connectivity index (χ0) is 35.1. The molecule has 10 rings (SSSR count). The third-order valence-electron chi connectivity index (χ3n) is 10.8. The van der Waals surface area contributed by atoms with Crippen molar-refractivity contribution >= 4 is 86.0 Å². The highest BCUT2D eigenvalue weighted by Crippen LogP contribution is 2.52. The third-order valence-corrected chi connectivity index (χ3v) is 11.9. The molecule has 5 heteroatoms. The molecule has 0 unspecified atom stereocenters. The Hall–Kier alpha value is -5.65. The van der Waals surface area contributed by atoms with Crippen molar-refractivity contribution in [1.29, 1.82) is 0 Å². The van der Waals surface area contributed by atoms with Crippen LogP contribution in [0.3, 0.4) is 0 Å². The summed E-state index contributed by atoms with van der Waals surface area (Å²) < 4.78 is 0. The second-order valence-corrected chi connectivity index (χ2v) is 16.2.